The molecule has 0 radical (unpaired) electrons. The Balaban J connectivity index is 2.40. The van der Waals surface area contributed by atoms with Gasteiger partial charge in [0.2, 0.25) is 0 Å². The number of nitrogens with zero attached hydrogens (tertiary/aromatic N) is 4. The highest BCUT2D eigenvalue weighted by Gasteiger charge is 2.13. The highest BCUT2D eigenvalue weighted by Crippen LogP contribution is 2.21. The summed E-state index contributed by atoms with van der Waals surface area (Å²) >= 11 is 3.53. The number of aryl methyl sites for hydroxylation is 2. The molecule has 0 N–H and O–H groups in total. The number of hydrogen-bond acceptors (Lipinski definition) is 3. The molecule has 0 spiro atoms. The summed E-state index contributed by atoms with van der Waals surface area (Å²) in [6, 6.07) is 1.74. The Morgan fingerprint density at radius 3 is 2.82 bits per heavy atom. The first kappa shape index (κ1) is 12.0. The van der Waals surface area contributed by atoms with E-state index in [9.17, 15) is 4.79 Å². The fourth-order valence-corrected chi connectivity index (χ4v) is 2.40. The maximum absolute atomic E-state index is 11.5. The minimum absolute atomic E-state index is 0.251. The smallest absolute Gasteiger partial charge is 0.293 e. The van der Waals surface area contributed by atoms with Gasteiger partial charge < -0.3 is 0 Å². The van der Waals surface area contributed by atoms with Crippen LogP contribution in [0.2, 0.25) is 0 Å². The van der Waals surface area contributed by atoms with Crippen LogP contribution in [0.25, 0.3) is 0 Å². The van der Waals surface area contributed by atoms with Crippen LogP contribution in [-0.4, -0.2) is 19.3 Å². The van der Waals surface area contributed by atoms with E-state index in [2.05, 4.69) is 26.0 Å². The quantitative estimate of drug-likeness (QED) is 0.859. The Hall–Kier alpha value is -1.43. The van der Waals surface area contributed by atoms with Crippen molar-refractivity contribution >= 4 is 15.9 Å². The van der Waals surface area contributed by atoms with Crippen molar-refractivity contribution in [1.82, 2.24) is 19.3 Å². The number of aromatic nitrogens is 4. The van der Waals surface area contributed by atoms with Crippen molar-refractivity contribution < 1.29 is 0 Å². The van der Waals surface area contributed by atoms with Crippen LogP contribution >= 0.6 is 15.9 Å². The van der Waals surface area contributed by atoms with Crippen molar-refractivity contribution in [3.05, 3.63) is 44.8 Å². The molecule has 0 atom stereocenters. The van der Waals surface area contributed by atoms with Crippen LogP contribution in [0.15, 0.2) is 27.7 Å². The summed E-state index contributed by atoms with van der Waals surface area (Å²) in [5.41, 5.74) is 1.72. The molecule has 0 fully saturated rings. The summed E-state index contributed by atoms with van der Waals surface area (Å²) in [6.07, 6.45) is 4.07. The molecule has 2 aromatic heterocycles. The minimum Gasteiger partial charge on any atom is -0.293 e. The zero-order valence-corrected chi connectivity index (χ0v) is 11.3. The molecule has 0 aromatic carbocycles. The molecule has 0 unspecified atom stereocenters. The Morgan fingerprint density at radius 1 is 1.47 bits per heavy atom. The molecule has 2 aromatic rings. The van der Waals surface area contributed by atoms with Crippen molar-refractivity contribution in [2.75, 3.05) is 0 Å². The maximum atomic E-state index is 11.5. The molecule has 0 aliphatic carbocycles. The lowest BCUT2D eigenvalue weighted by atomic mass is 10.3. The van der Waals surface area contributed by atoms with Gasteiger partial charge in [-0.1, -0.05) is 6.92 Å². The van der Waals surface area contributed by atoms with E-state index in [1.807, 2.05) is 14.0 Å². The van der Waals surface area contributed by atoms with Crippen molar-refractivity contribution in [1.29, 1.82) is 0 Å². The van der Waals surface area contributed by atoms with Crippen LogP contribution < -0.4 is 5.69 Å². The molecule has 0 amide bonds. The zero-order chi connectivity index (χ0) is 12.4. The third-order valence-corrected chi connectivity index (χ3v) is 3.52. The van der Waals surface area contributed by atoms with Gasteiger partial charge in [0.15, 0.2) is 0 Å². The Kier molecular flexibility index (Phi) is 3.42. The summed E-state index contributed by atoms with van der Waals surface area (Å²) in [7, 11) is 1.88. The van der Waals surface area contributed by atoms with Gasteiger partial charge in [0.05, 0.1) is 22.4 Å². The lowest BCUT2D eigenvalue weighted by molar-refractivity contribution is 0.637. The van der Waals surface area contributed by atoms with Crippen LogP contribution in [0.3, 0.4) is 0 Å². The summed E-state index contributed by atoms with van der Waals surface area (Å²) in [5.74, 6) is 0. The second kappa shape index (κ2) is 4.83. The maximum Gasteiger partial charge on any atom is 0.347 e. The van der Waals surface area contributed by atoms with Gasteiger partial charge in [-0.25, -0.2) is 9.78 Å². The van der Waals surface area contributed by atoms with Crippen LogP contribution in [0.1, 0.15) is 18.3 Å². The van der Waals surface area contributed by atoms with Gasteiger partial charge in [0.25, 0.3) is 0 Å². The molecular weight excluding hydrogens is 284 g/mol. The summed E-state index contributed by atoms with van der Waals surface area (Å²) in [4.78, 5) is 15.3. The van der Waals surface area contributed by atoms with E-state index < -0.39 is 0 Å². The van der Waals surface area contributed by atoms with Gasteiger partial charge in [-0.05, 0) is 28.4 Å². The Bertz CT molecular complexity index is 587. The van der Waals surface area contributed by atoms with E-state index >= 15 is 0 Å². The van der Waals surface area contributed by atoms with Gasteiger partial charge in [0.1, 0.15) is 0 Å². The SMILES string of the molecule is CCc1nn(C)c(Cn2cccnc2=O)c1Br. The molecule has 0 bridgehead atoms. The van der Waals surface area contributed by atoms with Crippen LogP contribution in [0, 0.1) is 0 Å². The third kappa shape index (κ3) is 2.31. The van der Waals surface area contributed by atoms with E-state index in [0.29, 0.717) is 6.54 Å². The van der Waals surface area contributed by atoms with Crippen molar-refractivity contribution in [2.45, 2.75) is 19.9 Å². The van der Waals surface area contributed by atoms with Gasteiger partial charge in [-0.3, -0.25) is 9.25 Å². The number of rotatable bonds is 3. The first-order valence-electron chi connectivity index (χ1n) is 5.35. The van der Waals surface area contributed by atoms with E-state index in [1.165, 1.54) is 6.20 Å². The predicted octanol–water partition coefficient (Wildman–Crippen LogP) is 1.35. The highest BCUT2D eigenvalue weighted by atomic mass is 79.9. The highest BCUT2D eigenvalue weighted by molar-refractivity contribution is 9.10. The first-order valence-corrected chi connectivity index (χ1v) is 6.14. The largest absolute Gasteiger partial charge is 0.347 e. The van der Waals surface area contributed by atoms with E-state index in [0.717, 1.165) is 22.3 Å². The lowest BCUT2D eigenvalue weighted by Gasteiger charge is -2.05. The fraction of sp³-hybridized carbons (Fsp3) is 0.364. The van der Waals surface area contributed by atoms with Gasteiger partial charge >= 0.3 is 5.69 Å². The van der Waals surface area contributed by atoms with Crippen molar-refractivity contribution in [2.24, 2.45) is 7.05 Å². The normalized spacial score (nSPS) is 10.8. The minimum atomic E-state index is -0.251. The topological polar surface area (TPSA) is 52.7 Å². The van der Waals surface area contributed by atoms with E-state index in [4.69, 9.17) is 0 Å². The average molecular weight is 297 g/mol. The van der Waals surface area contributed by atoms with Gasteiger partial charge in [-0.2, -0.15) is 5.10 Å². The molecule has 6 heteroatoms. The molecule has 0 saturated heterocycles. The van der Waals surface area contributed by atoms with Crippen LogP contribution in [-0.2, 0) is 20.0 Å². The van der Waals surface area contributed by atoms with Crippen LogP contribution in [0.5, 0.6) is 0 Å². The monoisotopic (exact) mass is 296 g/mol. The molecule has 0 aliphatic heterocycles. The molecule has 2 rings (SSSR count). The predicted molar refractivity (Wildman–Crippen MR) is 67.9 cm³/mol. The Morgan fingerprint density at radius 2 is 2.24 bits per heavy atom. The summed E-state index contributed by atoms with van der Waals surface area (Å²) in [6.45, 7) is 2.52. The molecular formula is C11H13BrN4O. The number of halogens is 1. The average Bonchev–Trinajstić information content (AvgIpc) is 2.59. The second-order valence-corrected chi connectivity index (χ2v) is 4.51. The number of hydrogen-bond donors (Lipinski definition) is 0. The van der Waals surface area contributed by atoms with Gasteiger partial charge in [-0.15, -0.1) is 0 Å². The summed E-state index contributed by atoms with van der Waals surface area (Å²) in [5, 5.41) is 4.39. The molecule has 5 nitrogen and oxygen atoms in total. The zero-order valence-electron chi connectivity index (χ0n) is 9.72. The fourth-order valence-electron chi connectivity index (χ4n) is 1.66. The Labute approximate surface area is 107 Å². The standard InChI is InChI=1S/C11H13BrN4O/c1-3-8-10(12)9(15(2)14-8)7-16-6-4-5-13-11(16)17/h4-6H,3,7H2,1-2H3. The first-order chi connectivity index (χ1) is 8.13. The molecule has 17 heavy (non-hydrogen) atoms. The molecule has 0 saturated carbocycles. The second-order valence-electron chi connectivity index (χ2n) is 3.71. The van der Waals surface area contributed by atoms with E-state index in [1.54, 1.807) is 21.5 Å². The third-order valence-electron chi connectivity index (χ3n) is 2.61. The summed E-state index contributed by atoms with van der Waals surface area (Å²) < 4.78 is 4.32. The molecule has 2 heterocycles. The van der Waals surface area contributed by atoms with Crippen molar-refractivity contribution in [3.63, 3.8) is 0 Å². The van der Waals surface area contributed by atoms with Crippen molar-refractivity contribution in [3.8, 4) is 0 Å². The van der Waals surface area contributed by atoms with Gasteiger partial charge in [0, 0.05) is 19.4 Å². The molecule has 90 valence electrons. The van der Waals surface area contributed by atoms with E-state index in [-0.39, 0.29) is 5.69 Å². The van der Waals surface area contributed by atoms with Crippen LogP contribution in [0.4, 0.5) is 0 Å². The molecule has 0 aliphatic rings. The lowest BCUT2D eigenvalue weighted by Crippen LogP contribution is -2.23.